The van der Waals surface area contributed by atoms with E-state index in [4.69, 9.17) is 0 Å². The first-order valence-corrected chi connectivity index (χ1v) is 12.1. The molecule has 7 nitrogen and oxygen atoms in total. The molecule has 182 valence electrons. The second-order valence-corrected chi connectivity index (χ2v) is 9.14. The van der Waals surface area contributed by atoms with E-state index < -0.39 is 6.04 Å². The van der Waals surface area contributed by atoms with Gasteiger partial charge in [-0.2, -0.15) is 0 Å². The van der Waals surface area contributed by atoms with Gasteiger partial charge < -0.3 is 20.5 Å². The van der Waals surface area contributed by atoms with Gasteiger partial charge in [0.25, 0.3) is 0 Å². The minimum atomic E-state index is -0.458. The molecule has 3 N–H and O–H groups in total. The molecule has 0 bridgehead atoms. The zero-order valence-corrected chi connectivity index (χ0v) is 20.1. The largest absolute Gasteiger partial charge is 0.355 e. The Morgan fingerprint density at radius 3 is 2.42 bits per heavy atom. The number of H-pyrrole nitrogens is 1. The van der Waals surface area contributed by atoms with E-state index in [0.29, 0.717) is 25.1 Å². The highest BCUT2D eigenvalue weighted by Crippen LogP contribution is 2.28. The maximum Gasteiger partial charge on any atom is 0.247 e. The van der Waals surface area contributed by atoms with Crippen molar-refractivity contribution in [2.24, 2.45) is 0 Å². The Morgan fingerprint density at radius 1 is 0.917 bits per heavy atom. The molecule has 0 saturated carbocycles. The minimum absolute atomic E-state index is 0.0194. The van der Waals surface area contributed by atoms with Crippen molar-refractivity contribution in [1.82, 2.24) is 9.88 Å². The van der Waals surface area contributed by atoms with Crippen LogP contribution in [0.3, 0.4) is 0 Å². The fourth-order valence-corrected chi connectivity index (χ4v) is 4.74. The maximum atomic E-state index is 13.1. The van der Waals surface area contributed by atoms with Crippen LogP contribution in [-0.2, 0) is 20.8 Å². The summed E-state index contributed by atoms with van der Waals surface area (Å²) in [5.41, 5.74) is 5.28. The van der Waals surface area contributed by atoms with Crippen LogP contribution in [0, 0.1) is 0 Å². The molecule has 2 heterocycles. The third-order valence-electron chi connectivity index (χ3n) is 6.48. The first-order valence-electron chi connectivity index (χ1n) is 12.1. The Bertz CT molecular complexity index is 1410. The molecule has 1 aromatic heterocycles. The number of aromatic amines is 1. The van der Waals surface area contributed by atoms with Gasteiger partial charge in [-0.1, -0.05) is 42.5 Å². The highest BCUT2D eigenvalue weighted by Gasteiger charge is 2.34. The highest BCUT2D eigenvalue weighted by atomic mass is 16.2. The molecule has 36 heavy (non-hydrogen) atoms. The van der Waals surface area contributed by atoms with Crippen LogP contribution in [-0.4, -0.2) is 40.2 Å². The summed E-state index contributed by atoms with van der Waals surface area (Å²) in [5.74, 6) is -0.282. The van der Waals surface area contributed by atoms with Gasteiger partial charge in [0.15, 0.2) is 0 Å². The quantitative estimate of drug-likeness (QED) is 0.364. The number of carbonyl (C=O) groups excluding carboxylic acids is 3. The number of anilines is 2. The van der Waals surface area contributed by atoms with E-state index in [1.807, 2.05) is 78.9 Å². The Balaban J connectivity index is 1.27. The topological polar surface area (TPSA) is 94.3 Å². The van der Waals surface area contributed by atoms with E-state index in [1.54, 1.807) is 4.90 Å². The lowest BCUT2D eigenvalue weighted by atomic mass is 10.1. The number of amides is 3. The van der Waals surface area contributed by atoms with Crippen molar-refractivity contribution >= 4 is 40.0 Å². The number of fused-ring (bicyclic) bond motifs is 1. The average Bonchev–Trinajstić information content (AvgIpc) is 3.52. The van der Waals surface area contributed by atoms with Crippen LogP contribution < -0.4 is 10.6 Å². The molecule has 1 aliphatic rings. The van der Waals surface area contributed by atoms with Crippen LogP contribution >= 0.6 is 0 Å². The van der Waals surface area contributed by atoms with Crippen LogP contribution in [0.1, 0.15) is 25.3 Å². The number of aromatic nitrogens is 1. The molecule has 4 aromatic rings. The number of nitrogens with zero attached hydrogens (tertiary/aromatic N) is 1. The number of hydrogen-bond acceptors (Lipinski definition) is 3. The number of likely N-dealkylation sites (tertiary alicyclic amines) is 1. The van der Waals surface area contributed by atoms with Crippen LogP contribution in [0.15, 0.2) is 78.9 Å². The third-order valence-corrected chi connectivity index (χ3v) is 6.48. The SMILES string of the molecule is CC(=O)Nc1ccc(-c2cc3cc(NC(=O)[C@@H]4CCCN4C(=O)Cc4ccccc4)ccc3[nH]2)cc1. The first-order chi connectivity index (χ1) is 17.5. The lowest BCUT2D eigenvalue weighted by Gasteiger charge is -2.24. The van der Waals surface area contributed by atoms with Gasteiger partial charge in [0.05, 0.1) is 6.42 Å². The minimum Gasteiger partial charge on any atom is -0.355 e. The zero-order valence-electron chi connectivity index (χ0n) is 20.1. The number of benzene rings is 3. The van der Waals surface area contributed by atoms with Gasteiger partial charge in [-0.05, 0) is 60.4 Å². The summed E-state index contributed by atoms with van der Waals surface area (Å²) in [7, 11) is 0. The van der Waals surface area contributed by atoms with Gasteiger partial charge in [-0.3, -0.25) is 14.4 Å². The first kappa shape index (κ1) is 23.4. The second kappa shape index (κ2) is 10.1. The molecule has 1 atom stereocenters. The molecule has 0 spiro atoms. The Kier molecular flexibility index (Phi) is 6.54. The molecular weight excluding hydrogens is 452 g/mol. The molecule has 0 unspecified atom stereocenters. The van der Waals surface area contributed by atoms with E-state index in [-0.39, 0.29) is 17.7 Å². The summed E-state index contributed by atoms with van der Waals surface area (Å²) in [4.78, 5) is 42.3. The lowest BCUT2D eigenvalue weighted by molar-refractivity contribution is -0.136. The van der Waals surface area contributed by atoms with Gasteiger partial charge in [0.1, 0.15) is 6.04 Å². The number of nitrogens with one attached hydrogen (secondary N) is 3. The van der Waals surface area contributed by atoms with E-state index in [1.165, 1.54) is 6.92 Å². The van der Waals surface area contributed by atoms with Crippen molar-refractivity contribution in [2.45, 2.75) is 32.2 Å². The molecule has 3 amide bonds. The monoisotopic (exact) mass is 480 g/mol. The van der Waals surface area contributed by atoms with Crippen molar-refractivity contribution in [3.8, 4) is 11.3 Å². The number of hydrogen-bond donors (Lipinski definition) is 3. The second-order valence-electron chi connectivity index (χ2n) is 9.14. The summed E-state index contributed by atoms with van der Waals surface area (Å²) >= 11 is 0. The number of carbonyl (C=O) groups is 3. The van der Waals surface area contributed by atoms with Crippen molar-refractivity contribution in [3.05, 3.63) is 84.4 Å². The standard InChI is InChI=1S/C29H28N4O3/c1-19(34)30-23-11-9-21(10-12-23)26-18-22-17-24(13-14-25(22)32-26)31-29(36)27-8-5-15-33(27)28(35)16-20-6-3-2-4-7-20/h2-4,6-7,9-14,17-18,27,32H,5,8,15-16H2,1H3,(H,30,34)(H,31,36)/t27-/m0/s1. The normalized spacial score (nSPS) is 15.1. The molecule has 5 rings (SSSR count). The van der Waals surface area contributed by atoms with Gasteiger partial charge in [-0.15, -0.1) is 0 Å². The Labute approximate surface area is 209 Å². The summed E-state index contributed by atoms with van der Waals surface area (Å²) < 4.78 is 0. The van der Waals surface area contributed by atoms with Crippen molar-refractivity contribution in [2.75, 3.05) is 17.2 Å². The van der Waals surface area contributed by atoms with Crippen LogP contribution in [0.5, 0.6) is 0 Å². The van der Waals surface area contributed by atoms with Crippen LogP contribution in [0.4, 0.5) is 11.4 Å². The predicted molar refractivity (Wildman–Crippen MR) is 142 cm³/mol. The van der Waals surface area contributed by atoms with Gasteiger partial charge >= 0.3 is 0 Å². The molecule has 1 aliphatic heterocycles. The highest BCUT2D eigenvalue weighted by molar-refractivity contribution is 5.99. The van der Waals surface area contributed by atoms with Crippen LogP contribution in [0.2, 0.25) is 0 Å². The van der Waals surface area contributed by atoms with E-state index in [9.17, 15) is 14.4 Å². The summed E-state index contributed by atoms with van der Waals surface area (Å²) in [6.07, 6.45) is 1.78. The van der Waals surface area contributed by atoms with Crippen molar-refractivity contribution in [1.29, 1.82) is 0 Å². The fourth-order valence-electron chi connectivity index (χ4n) is 4.74. The fraction of sp³-hybridized carbons (Fsp3) is 0.207. The summed E-state index contributed by atoms with van der Waals surface area (Å²) in [6, 6.07) is 24.5. The third kappa shape index (κ3) is 5.15. The van der Waals surface area contributed by atoms with Gasteiger partial charge in [-0.25, -0.2) is 0 Å². The lowest BCUT2D eigenvalue weighted by Crippen LogP contribution is -2.43. The predicted octanol–water partition coefficient (Wildman–Crippen LogP) is 4.97. The van der Waals surface area contributed by atoms with Gasteiger partial charge in [0, 0.05) is 41.4 Å². The molecule has 1 fully saturated rings. The van der Waals surface area contributed by atoms with E-state index in [2.05, 4.69) is 15.6 Å². The molecule has 3 aromatic carbocycles. The average molecular weight is 481 g/mol. The van der Waals surface area contributed by atoms with Crippen molar-refractivity contribution in [3.63, 3.8) is 0 Å². The van der Waals surface area contributed by atoms with Crippen LogP contribution in [0.25, 0.3) is 22.2 Å². The number of rotatable bonds is 6. The molecule has 0 radical (unpaired) electrons. The summed E-state index contributed by atoms with van der Waals surface area (Å²) in [5, 5.41) is 6.75. The zero-order chi connectivity index (χ0) is 25.1. The smallest absolute Gasteiger partial charge is 0.247 e. The maximum absolute atomic E-state index is 13.1. The molecular formula is C29H28N4O3. The molecule has 0 aliphatic carbocycles. The Hall–Kier alpha value is -4.39. The molecule has 1 saturated heterocycles. The summed E-state index contributed by atoms with van der Waals surface area (Å²) in [6.45, 7) is 2.08. The van der Waals surface area contributed by atoms with E-state index >= 15 is 0 Å². The Morgan fingerprint density at radius 2 is 1.67 bits per heavy atom. The molecule has 7 heteroatoms. The van der Waals surface area contributed by atoms with Gasteiger partial charge in [0.2, 0.25) is 17.7 Å². The van der Waals surface area contributed by atoms with Crippen molar-refractivity contribution < 1.29 is 14.4 Å². The van der Waals surface area contributed by atoms with E-state index in [0.717, 1.165) is 39.8 Å².